The Bertz CT molecular complexity index is 777. The highest BCUT2D eigenvalue weighted by atomic mass is 16.7. The lowest BCUT2D eigenvalue weighted by Gasteiger charge is -2.39. The van der Waals surface area contributed by atoms with Crippen molar-refractivity contribution in [2.45, 2.75) is 218 Å². The number of hydrogen-bond acceptors (Lipinski definition) is 9. The summed E-state index contributed by atoms with van der Waals surface area (Å²) in [6, 6.07) is 0. The van der Waals surface area contributed by atoms with Crippen LogP contribution in [-0.2, 0) is 23.7 Å². The summed E-state index contributed by atoms with van der Waals surface area (Å²) in [5.41, 5.74) is 0. The number of aliphatic hydroxyl groups is 4. The summed E-state index contributed by atoms with van der Waals surface area (Å²) >= 11 is 0. The van der Waals surface area contributed by atoms with Crippen LogP contribution in [0.15, 0.2) is 12.2 Å². The number of allylic oxidation sites excluding steroid dienone is 2. The van der Waals surface area contributed by atoms with Gasteiger partial charge in [-0.3, -0.25) is 4.79 Å². The standard InChI is InChI=1S/C41H78O9/c1-3-5-7-9-11-13-15-16-17-18-19-21-23-25-27-29-31-47-33-35(34-48-41-40(46)39(45)38(44)36(32-42)50-41)49-37(43)30-28-26-24-22-20-14-12-10-8-6-4-2/h16-17,35-36,38-42,44-46H,3-15,18-34H2,1-2H3/b17-16-. The van der Waals surface area contributed by atoms with Crippen molar-refractivity contribution in [2.75, 3.05) is 26.4 Å². The number of carbonyl (C=O) groups is 1. The Hall–Kier alpha value is -1.07. The largest absolute Gasteiger partial charge is 0.457 e. The molecule has 0 saturated carbocycles. The molecule has 0 aliphatic carbocycles. The van der Waals surface area contributed by atoms with Crippen LogP contribution >= 0.6 is 0 Å². The zero-order chi connectivity index (χ0) is 36.5. The van der Waals surface area contributed by atoms with Crippen molar-refractivity contribution in [3.05, 3.63) is 12.2 Å². The molecule has 0 aromatic carbocycles. The summed E-state index contributed by atoms with van der Waals surface area (Å²) in [6.07, 6.45) is 28.0. The first-order valence-corrected chi connectivity index (χ1v) is 20.8. The van der Waals surface area contributed by atoms with Crippen molar-refractivity contribution in [2.24, 2.45) is 0 Å². The molecule has 0 amide bonds. The molecular formula is C41H78O9. The zero-order valence-electron chi connectivity index (χ0n) is 32.2. The second kappa shape index (κ2) is 33.7. The molecule has 0 spiro atoms. The molecule has 1 fully saturated rings. The lowest BCUT2D eigenvalue weighted by atomic mass is 9.99. The van der Waals surface area contributed by atoms with Crippen LogP contribution in [0.4, 0.5) is 0 Å². The van der Waals surface area contributed by atoms with Gasteiger partial charge in [0.05, 0.1) is 19.8 Å². The maximum Gasteiger partial charge on any atom is 0.306 e. The van der Waals surface area contributed by atoms with E-state index in [2.05, 4.69) is 26.0 Å². The quantitative estimate of drug-likeness (QED) is 0.0290. The lowest BCUT2D eigenvalue weighted by molar-refractivity contribution is -0.305. The Morgan fingerprint density at radius 3 is 1.62 bits per heavy atom. The molecule has 0 radical (unpaired) electrons. The van der Waals surface area contributed by atoms with Crippen molar-refractivity contribution < 1.29 is 44.2 Å². The van der Waals surface area contributed by atoms with Crippen LogP contribution in [0, 0.1) is 0 Å². The van der Waals surface area contributed by atoms with Gasteiger partial charge in [0.15, 0.2) is 6.29 Å². The molecule has 4 N–H and O–H groups in total. The first kappa shape index (κ1) is 47.0. The summed E-state index contributed by atoms with van der Waals surface area (Å²) in [6.45, 7) is 4.54. The van der Waals surface area contributed by atoms with E-state index in [9.17, 15) is 25.2 Å². The maximum absolute atomic E-state index is 12.7. The normalized spacial score (nSPS) is 21.6. The average Bonchev–Trinajstić information content (AvgIpc) is 3.11. The smallest absolute Gasteiger partial charge is 0.306 e. The Labute approximate surface area is 305 Å². The van der Waals surface area contributed by atoms with E-state index < -0.39 is 43.4 Å². The van der Waals surface area contributed by atoms with Crippen molar-refractivity contribution in [1.82, 2.24) is 0 Å². The van der Waals surface area contributed by atoms with Gasteiger partial charge in [0.1, 0.15) is 30.5 Å². The van der Waals surface area contributed by atoms with Crippen LogP contribution < -0.4 is 0 Å². The third-order valence-electron chi connectivity index (χ3n) is 9.68. The number of aliphatic hydroxyl groups excluding tert-OH is 4. The van der Waals surface area contributed by atoms with E-state index in [-0.39, 0.29) is 19.2 Å². The first-order valence-electron chi connectivity index (χ1n) is 20.8. The van der Waals surface area contributed by atoms with Crippen LogP contribution in [0.3, 0.4) is 0 Å². The van der Waals surface area contributed by atoms with Crippen molar-refractivity contribution in [3.8, 4) is 0 Å². The molecule has 0 aromatic heterocycles. The minimum Gasteiger partial charge on any atom is -0.457 e. The van der Waals surface area contributed by atoms with E-state index >= 15 is 0 Å². The third kappa shape index (κ3) is 25.0. The molecule has 1 heterocycles. The summed E-state index contributed by atoms with van der Waals surface area (Å²) in [4.78, 5) is 12.7. The molecule has 0 aromatic rings. The Kier molecular flexibility index (Phi) is 31.7. The Morgan fingerprint density at radius 1 is 0.620 bits per heavy atom. The van der Waals surface area contributed by atoms with E-state index in [0.29, 0.717) is 13.0 Å². The maximum atomic E-state index is 12.7. The summed E-state index contributed by atoms with van der Waals surface area (Å²) < 4.78 is 22.7. The van der Waals surface area contributed by atoms with Gasteiger partial charge in [-0.2, -0.15) is 0 Å². The number of rotatable bonds is 35. The summed E-state index contributed by atoms with van der Waals surface area (Å²) in [5, 5.41) is 40.0. The fraction of sp³-hybridized carbons (Fsp3) is 0.927. The van der Waals surface area contributed by atoms with Gasteiger partial charge in [-0.15, -0.1) is 0 Å². The number of carbonyl (C=O) groups excluding carboxylic acids is 1. The van der Waals surface area contributed by atoms with Crippen LogP contribution in [0.1, 0.15) is 181 Å². The topological polar surface area (TPSA) is 135 Å². The summed E-state index contributed by atoms with van der Waals surface area (Å²) in [7, 11) is 0. The SMILES string of the molecule is CCCCCCCC/C=C\CCCCCCCCOCC(COC1OC(CO)C(O)C(O)C1O)OC(=O)CCCCCCCCCCCCC. The zero-order valence-corrected chi connectivity index (χ0v) is 32.2. The molecule has 6 atom stereocenters. The van der Waals surface area contributed by atoms with Crippen LogP contribution in [-0.4, -0.2) is 89.6 Å². The molecule has 9 heteroatoms. The average molecular weight is 715 g/mol. The molecule has 296 valence electrons. The van der Waals surface area contributed by atoms with E-state index in [1.807, 2.05) is 0 Å². The number of unbranched alkanes of at least 4 members (excludes halogenated alkanes) is 22. The van der Waals surface area contributed by atoms with E-state index in [1.54, 1.807) is 0 Å². The number of esters is 1. The first-order chi connectivity index (χ1) is 24.4. The predicted octanol–water partition coefficient (Wildman–Crippen LogP) is 8.47. The lowest BCUT2D eigenvalue weighted by Crippen LogP contribution is -2.59. The fourth-order valence-electron chi connectivity index (χ4n) is 6.37. The second-order valence-corrected chi connectivity index (χ2v) is 14.4. The molecule has 1 aliphatic rings. The minimum absolute atomic E-state index is 0.111. The minimum atomic E-state index is -1.53. The molecular weight excluding hydrogens is 636 g/mol. The Morgan fingerprint density at radius 2 is 1.10 bits per heavy atom. The molecule has 9 nitrogen and oxygen atoms in total. The van der Waals surface area contributed by atoms with Crippen LogP contribution in [0.2, 0.25) is 0 Å². The molecule has 1 saturated heterocycles. The van der Waals surface area contributed by atoms with Gasteiger partial charge in [-0.25, -0.2) is 0 Å². The molecule has 6 unspecified atom stereocenters. The van der Waals surface area contributed by atoms with Gasteiger partial charge in [0.2, 0.25) is 0 Å². The number of ether oxygens (including phenoxy) is 4. The Balaban J connectivity index is 2.29. The predicted molar refractivity (Wildman–Crippen MR) is 201 cm³/mol. The highest BCUT2D eigenvalue weighted by molar-refractivity contribution is 5.69. The van der Waals surface area contributed by atoms with Crippen molar-refractivity contribution in [1.29, 1.82) is 0 Å². The fourth-order valence-corrected chi connectivity index (χ4v) is 6.37. The van der Waals surface area contributed by atoms with Gasteiger partial charge in [0, 0.05) is 13.0 Å². The third-order valence-corrected chi connectivity index (χ3v) is 9.68. The van der Waals surface area contributed by atoms with Gasteiger partial charge < -0.3 is 39.4 Å². The molecule has 50 heavy (non-hydrogen) atoms. The number of hydrogen-bond donors (Lipinski definition) is 4. The summed E-state index contributed by atoms with van der Waals surface area (Å²) in [5.74, 6) is -0.316. The molecule has 0 bridgehead atoms. The van der Waals surface area contributed by atoms with Gasteiger partial charge in [-0.05, 0) is 38.5 Å². The van der Waals surface area contributed by atoms with E-state index in [0.717, 1.165) is 32.1 Å². The van der Waals surface area contributed by atoms with Gasteiger partial charge in [0.25, 0.3) is 0 Å². The van der Waals surface area contributed by atoms with Crippen LogP contribution in [0.25, 0.3) is 0 Å². The highest BCUT2D eigenvalue weighted by Gasteiger charge is 2.44. The molecule has 1 aliphatic heterocycles. The second-order valence-electron chi connectivity index (χ2n) is 14.4. The van der Waals surface area contributed by atoms with Gasteiger partial charge in [-0.1, -0.05) is 148 Å². The van der Waals surface area contributed by atoms with E-state index in [4.69, 9.17) is 18.9 Å². The van der Waals surface area contributed by atoms with Crippen LogP contribution in [0.5, 0.6) is 0 Å². The van der Waals surface area contributed by atoms with Crippen molar-refractivity contribution in [3.63, 3.8) is 0 Å². The molecule has 1 rings (SSSR count). The van der Waals surface area contributed by atoms with Gasteiger partial charge >= 0.3 is 5.97 Å². The highest BCUT2D eigenvalue weighted by Crippen LogP contribution is 2.22. The monoisotopic (exact) mass is 715 g/mol. The van der Waals surface area contributed by atoms with E-state index in [1.165, 1.54) is 128 Å². The van der Waals surface area contributed by atoms with Crippen molar-refractivity contribution >= 4 is 5.97 Å².